The molecule has 0 unspecified atom stereocenters. The number of hydrogen-bond acceptors (Lipinski definition) is 3. The number of aromatic nitrogens is 2. The van der Waals surface area contributed by atoms with E-state index < -0.39 is 0 Å². The van der Waals surface area contributed by atoms with Crippen LogP contribution in [0.5, 0.6) is 5.75 Å². The van der Waals surface area contributed by atoms with Crippen LogP contribution in [-0.2, 0) is 13.6 Å². The summed E-state index contributed by atoms with van der Waals surface area (Å²) in [6, 6.07) is 5.97. The molecule has 0 fully saturated rings. The molecule has 2 aromatic rings. The van der Waals surface area contributed by atoms with Crippen molar-refractivity contribution < 1.29 is 4.74 Å². The van der Waals surface area contributed by atoms with Crippen molar-refractivity contribution in [2.45, 2.75) is 26.4 Å². The molecule has 0 spiro atoms. The first kappa shape index (κ1) is 14.9. The first-order valence-corrected chi connectivity index (χ1v) is 7.11. The van der Waals surface area contributed by atoms with Crippen LogP contribution in [0.25, 0.3) is 0 Å². The zero-order valence-electron chi connectivity index (χ0n) is 12.1. The largest absolute Gasteiger partial charge is 0.493 e. The molecule has 1 atom stereocenters. The van der Waals surface area contributed by atoms with Crippen molar-refractivity contribution in [1.29, 1.82) is 0 Å². The summed E-state index contributed by atoms with van der Waals surface area (Å²) in [5.41, 5.74) is 2.27. The van der Waals surface area contributed by atoms with Crippen molar-refractivity contribution in [3.05, 3.63) is 46.7 Å². The van der Waals surface area contributed by atoms with Crippen molar-refractivity contribution in [3.8, 4) is 5.75 Å². The number of hydrogen-bond donors (Lipinski definition) is 1. The van der Waals surface area contributed by atoms with Gasteiger partial charge in [-0.1, -0.05) is 17.7 Å². The van der Waals surface area contributed by atoms with Crippen LogP contribution in [0.4, 0.5) is 0 Å². The van der Waals surface area contributed by atoms with E-state index in [1.54, 1.807) is 4.68 Å². The Labute approximate surface area is 124 Å². The number of rotatable bonds is 6. The highest BCUT2D eigenvalue weighted by atomic mass is 35.5. The quantitative estimate of drug-likeness (QED) is 0.888. The van der Waals surface area contributed by atoms with E-state index in [0.29, 0.717) is 11.6 Å². The van der Waals surface area contributed by atoms with Crippen LogP contribution < -0.4 is 10.1 Å². The fourth-order valence-corrected chi connectivity index (χ4v) is 2.17. The predicted octanol–water partition coefficient (Wildman–Crippen LogP) is 3.32. The van der Waals surface area contributed by atoms with Crippen LogP contribution >= 0.6 is 11.6 Å². The van der Waals surface area contributed by atoms with Crippen LogP contribution in [0.2, 0.25) is 5.02 Å². The van der Waals surface area contributed by atoms with E-state index in [1.165, 1.54) is 5.56 Å². The maximum absolute atomic E-state index is 6.00. The predicted molar refractivity (Wildman–Crippen MR) is 81.1 cm³/mol. The van der Waals surface area contributed by atoms with E-state index in [1.807, 2.05) is 44.6 Å². The molecular formula is C15H20ClN3O. The van der Waals surface area contributed by atoms with E-state index in [0.717, 1.165) is 17.9 Å². The molecule has 108 valence electrons. The molecule has 5 heteroatoms. The van der Waals surface area contributed by atoms with Gasteiger partial charge in [0.2, 0.25) is 0 Å². The van der Waals surface area contributed by atoms with Crippen molar-refractivity contribution in [3.63, 3.8) is 0 Å². The molecular weight excluding hydrogens is 274 g/mol. The molecule has 1 aromatic heterocycles. The third kappa shape index (κ3) is 3.74. The third-order valence-corrected chi connectivity index (χ3v) is 3.39. The molecule has 0 aliphatic heterocycles. The van der Waals surface area contributed by atoms with Crippen LogP contribution in [0, 0.1) is 0 Å². The molecule has 0 saturated carbocycles. The van der Waals surface area contributed by atoms with Crippen LogP contribution in [0.1, 0.15) is 31.0 Å². The van der Waals surface area contributed by atoms with Gasteiger partial charge in [0.05, 0.1) is 12.8 Å². The summed E-state index contributed by atoms with van der Waals surface area (Å²) in [6.07, 6.45) is 3.89. The maximum atomic E-state index is 6.00. The van der Waals surface area contributed by atoms with Gasteiger partial charge in [0.25, 0.3) is 0 Å². The maximum Gasteiger partial charge on any atom is 0.125 e. The van der Waals surface area contributed by atoms with Crippen LogP contribution in [0.15, 0.2) is 30.6 Å². The van der Waals surface area contributed by atoms with Gasteiger partial charge in [-0.2, -0.15) is 5.10 Å². The standard InChI is InChI=1S/C15H20ClN3O/c1-4-20-15-7-14(16)6-5-12(15)8-17-11(2)13-9-18-19(3)10-13/h5-7,9-11,17H,4,8H2,1-3H3/t11-/m1/s1. The van der Waals surface area contributed by atoms with Gasteiger partial charge in [-0.15, -0.1) is 0 Å². The molecule has 0 aliphatic rings. The lowest BCUT2D eigenvalue weighted by Gasteiger charge is -2.15. The lowest BCUT2D eigenvalue weighted by molar-refractivity contribution is 0.335. The van der Waals surface area contributed by atoms with E-state index in [4.69, 9.17) is 16.3 Å². The van der Waals surface area contributed by atoms with Gasteiger partial charge in [0.15, 0.2) is 0 Å². The monoisotopic (exact) mass is 293 g/mol. The Balaban J connectivity index is 2.03. The van der Waals surface area contributed by atoms with Gasteiger partial charge in [0.1, 0.15) is 5.75 Å². The van der Waals surface area contributed by atoms with Gasteiger partial charge < -0.3 is 10.1 Å². The smallest absolute Gasteiger partial charge is 0.125 e. The highest BCUT2D eigenvalue weighted by molar-refractivity contribution is 6.30. The van der Waals surface area contributed by atoms with Crippen molar-refractivity contribution >= 4 is 11.6 Å². The minimum atomic E-state index is 0.230. The van der Waals surface area contributed by atoms with E-state index in [9.17, 15) is 0 Å². The topological polar surface area (TPSA) is 39.1 Å². The summed E-state index contributed by atoms with van der Waals surface area (Å²) in [7, 11) is 1.92. The normalized spacial score (nSPS) is 12.4. The van der Waals surface area contributed by atoms with Gasteiger partial charge in [-0.25, -0.2) is 0 Å². The molecule has 0 amide bonds. The molecule has 1 N–H and O–H groups in total. The Bertz CT molecular complexity index is 568. The molecule has 0 aliphatic carbocycles. The number of nitrogens with one attached hydrogen (secondary N) is 1. The molecule has 20 heavy (non-hydrogen) atoms. The SMILES string of the molecule is CCOc1cc(Cl)ccc1CN[C@H](C)c1cnn(C)c1. The van der Waals surface area contributed by atoms with Crippen LogP contribution in [-0.4, -0.2) is 16.4 Å². The highest BCUT2D eigenvalue weighted by Crippen LogP contribution is 2.24. The second-order valence-corrected chi connectivity index (χ2v) is 5.17. The lowest BCUT2D eigenvalue weighted by atomic mass is 10.1. The van der Waals surface area contributed by atoms with Crippen molar-refractivity contribution in [2.24, 2.45) is 7.05 Å². The molecule has 0 bridgehead atoms. The second-order valence-electron chi connectivity index (χ2n) is 4.73. The first-order valence-electron chi connectivity index (χ1n) is 6.73. The Morgan fingerprint density at radius 1 is 1.45 bits per heavy atom. The molecule has 2 rings (SSSR count). The summed E-state index contributed by atoms with van der Waals surface area (Å²) < 4.78 is 7.43. The molecule has 0 saturated heterocycles. The van der Waals surface area contributed by atoms with Gasteiger partial charge in [-0.05, 0) is 26.0 Å². The van der Waals surface area contributed by atoms with E-state index in [2.05, 4.69) is 17.3 Å². The molecule has 1 aromatic carbocycles. The molecule has 0 radical (unpaired) electrons. The summed E-state index contributed by atoms with van der Waals surface area (Å²) in [5, 5.41) is 8.35. The fraction of sp³-hybridized carbons (Fsp3) is 0.400. The van der Waals surface area contributed by atoms with Crippen molar-refractivity contribution in [1.82, 2.24) is 15.1 Å². The number of aryl methyl sites for hydroxylation is 1. The Kier molecular flexibility index (Phi) is 5.04. The Morgan fingerprint density at radius 3 is 2.90 bits per heavy atom. The highest BCUT2D eigenvalue weighted by Gasteiger charge is 2.09. The average Bonchev–Trinajstić information content (AvgIpc) is 2.85. The number of nitrogens with zero attached hydrogens (tertiary/aromatic N) is 2. The lowest BCUT2D eigenvalue weighted by Crippen LogP contribution is -2.18. The number of benzene rings is 1. The zero-order chi connectivity index (χ0) is 14.5. The summed E-state index contributed by atoms with van der Waals surface area (Å²) in [5.74, 6) is 0.839. The van der Waals surface area contributed by atoms with Gasteiger partial charge in [0, 0.05) is 42.0 Å². The number of halogens is 1. The molecule has 1 heterocycles. The summed E-state index contributed by atoms with van der Waals surface area (Å²) >= 11 is 6.00. The number of ether oxygens (including phenoxy) is 1. The van der Waals surface area contributed by atoms with Gasteiger partial charge in [-0.3, -0.25) is 4.68 Å². The first-order chi connectivity index (χ1) is 9.60. The Hall–Kier alpha value is -1.52. The van der Waals surface area contributed by atoms with Crippen molar-refractivity contribution in [2.75, 3.05) is 6.61 Å². The zero-order valence-corrected chi connectivity index (χ0v) is 12.8. The van der Waals surface area contributed by atoms with Gasteiger partial charge >= 0.3 is 0 Å². The summed E-state index contributed by atoms with van der Waals surface area (Å²) in [6.45, 7) is 5.44. The average molecular weight is 294 g/mol. The minimum absolute atomic E-state index is 0.230. The van der Waals surface area contributed by atoms with E-state index in [-0.39, 0.29) is 6.04 Å². The summed E-state index contributed by atoms with van der Waals surface area (Å²) in [4.78, 5) is 0. The Morgan fingerprint density at radius 2 is 2.25 bits per heavy atom. The fourth-order valence-electron chi connectivity index (χ4n) is 2.01. The van der Waals surface area contributed by atoms with Crippen LogP contribution in [0.3, 0.4) is 0 Å². The third-order valence-electron chi connectivity index (χ3n) is 3.15. The van der Waals surface area contributed by atoms with E-state index >= 15 is 0 Å². The molecule has 4 nitrogen and oxygen atoms in total. The minimum Gasteiger partial charge on any atom is -0.493 e. The second kappa shape index (κ2) is 6.77.